The van der Waals surface area contributed by atoms with Crippen LogP contribution in [0.3, 0.4) is 0 Å². The standard InChI is InChI=1S/C15H11ClFN3O7S/c16-10-3-1-8(5-13(10)28(18,25)26)15(22)27-7-14(21)19-9-2-4-11(17)12(6-9)20(23)24/h1-6H,7H2,(H,19,21)(H2,18,25,26). The summed E-state index contributed by atoms with van der Waals surface area (Å²) in [4.78, 5) is 33.0. The number of esters is 1. The number of amides is 1. The van der Waals surface area contributed by atoms with Crippen molar-refractivity contribution in [3.8, 4) is 0 Å². The Hall–Kier alpha value is -3.09. The second-order valence-corrected chi connectivity index (χ2v) is 7.17. The summed E-state index contributed by atoms with van der Waals surface area (Å²) in [5.74, 6) is -2.99. The van der Waals surface area contributed by atoms with E-state index in [9.17, 15) is 32.5 Å². The first-order valence-corrected chi connectivity index (χ1v) is 9.14. The monoisotopic (exact) mass is 431 g/mol. The van der Waals surface area contributed by atoms with Crippen molar-refractivity contribution in [2.75, 3.05) is 11.9 Å². The van der Waals surface area contributed by atoms with Gasteiger partial charge in [0.1, 0.15) is 4.90 Å². The molecular weight excluding hydrogens is 421 g/mol. The van der Waals surface area contributed by atoms with Crippen molar-refractivity contribution in [2.45, 2.75) is 4.90 Å². The maximum absolute atomic E-state index is 13.3. The molecule has 0 bridgehead atoms. The smallest absolute Gasteiger partial charge is 0.338 e. The summed E-state index contributed by atoms with van der Waals surface area (Å²) in [5.41, 5.74) is -1.15. The number of nitrogens with two attached hydrogens (primary N) is 1. The van der Waals surface area contributed by atoms with Crippen LogP contribution in [0.5, 0.6) is 0 Å². The first-order valence-electron chi connectivity index (χ1n) is 7.22. The minimum atomic E-state index is -4.18. The van der Waals surface area contributed by atoms with Gasteiger partial charge in [0, 0.05) is 11.8 Å². The van der Waals surface area contributed by atoms with Crippen LogP contribution >= 0.6 is 11.6 Å². The zero-order valence-electron chi connectivity index (χ0n) is 13.7. The molecule has 0 aliphatic heterocycles. The van der Waals surface area contributed by atoms with E-state index in [0.29, 0.717) is 0 Å². The van der Waals surface area contributed by atoms with Gasteiger partial charge in [-0.2, -0.15) is 4.39 Å². The highest BCUT2D eigenvalue weighted by Gasteiger charge is 2.19. The summed E-state index contributed by atoms with van der Waals surface area (Å²) in [6, 6.07) is 5.85. The molecule has 0 atom stereocenters. The van der Waals surface area contributed by atoms with Gasteiger partial charge in [-0.05, 0) is 30.3 Å². The van der Waals surface area contributed by atoms with Crippen molar-refractivity contribution in [3.63, 3.8) is 0 Å². The maximum atomic E-state index is 13.3. The number of sulfonamides is 1. The molecule has 28 heavy (non-hydrogen) atoms. The number of carbonyl (C=O) groups is 2. The van der Waals surface area contributed by atoms with Crippen molar-refractivity contribution >= 4 is 44.9 Å². The van der Waals surface area contributed by atoms with Crippen LogP contribution in [-0.4, -0.2) is 31.8 Å². The fourth-order valence-corrected chi connectivity index (χ4v) is 3.06. The van der Waals surface area contributed by atoms with Crippen LogP contribution in [0.25, 0.3) is 0 Å². The third-order valence-corrected chi connectivity index (χ3v) is 4.63. The van der Waals surface area contributed by atoms with Crippen LogP contribution < -0.4 is 10.5 Å². The molecule has 13 heteroatoms. The van der Waals surface area contributed by atoms with Gasteiger partial charge in [0.05, 0.1) is 15.5 Å². The molecule has 1 amide bonds. The lowest BCUT2D eigenvalue weighted by molar-refractivity contribution is -0.387. The van der Waals surface area contributed by atoms with Crippen molar-refractivity contribution in [1.82, 2.24) is 0 Å². The molecule has 0 radical (unpaired) electrons. The van der Waals surface area contributed by atoms with Crippen LogP contribution in [0, 0.1) is 15.9 Å². The zero-order valence-corrected chi connectivity index (χ0v) is 15.3. The van der Waals surface area contributed by atoms with Gasteiger partial charge in [-0.3, -0.25) is 14.9 Å². The molecule has 2 aromatic carbocycles. The van der Waals surface area contributed by atoms with E-state index in [1.165, 1.54) is 6.07 Å². The average Bonchev–Trinajstić information content (AvgIpc) is 2.60. The number of hydrogen-bond acceptors (Lipinski definition) is 7. The fourth-order valence-electron chi connectivity index (χ4n) is 1.99. The molecule has 3 N–H and O–H groups in total. The Morgan fingerprint density at radius 2 is 1.93 bits per heavy atom. The molecule has 148 valence electrons. The number of nitro groups is 1. The van der Waals surface area contributed by atoms with Crippen LogP contribution in [-0.2, 0) is 19.6 Å². The first kappa shape index (κ1) is 21.2. The molecule has 0 fully saturated rings. The van der Waals surface area contributed by atoms with E-state index in [2.05, 4.69) is 5.32 Å². The number of carbonyl (C=O) groups excluding carboxylic acids is 2. The Morgan fingerprint density at radius 1 is 1.25 bits per heavy atom. The second kappa shape index (κ2) is 8.29. The normalized spacial score (nSPS) is 11.0. The van der Waals surface area contributed by atoms with Crippen LogP contribution in [0.15, 0.2) is 41.3 Å². The summed E-state index contributed by atoms with van der Waals surface area (Å²) in [6.07, 6.45) is 0. The van der Waals surface area contributed by atoms with Crippen LogP contribution in [0.4, 0.5) is 15.8 Å². The zero-order chi connectivity index (χ0) is 21.1. The molecule has 2 rings (SSSR count). The highest BCUT2D eigenvalue weighted by Crippen LogP contribution is 2.23. The molecular formula is C15H11ClFN3O7S. The number of benzene rings is 2. The highest BCUT2D eigenvalue weighted by atomic mass is 35.5. The van der Waals surface area contributed by atoms with E-state index in [1.807, 2.05) is 0 Å². The largest absolute Gasteiger partial charge is 0.452 e. The van der Waals surface area contributed by atoms with Gasteiger partial charge in [0.15, 0.2) is 6.61 Å². The van der Waals surface area contributed by atoms with Gasteiger partial charge < -0.3 is 10.1 Å². The van der Waals surface area contributed by atoms with E-state index in [-0.39, 0.29) is 16.3 Å². The van der Waals surface area contributed by atoms with Crippen molar-refractivity contribution in [2.24, 2.45) is 5.14 Å². The Balaban J connectivity index is 2.04. The summed E-state index contributed by atoms with van der Waals surface area (Å²) >= 11 is 5.70. The van der Waals surface area contributed by atoms with Crippen molar-refractivity contribution < 1.29 is 32.1 Å². The van der Waals surface area contributed by atoms with Gasteiger partial charge in [-0.15, -0.1) is 0 Å². The molecule has 0 aromatic heterocycles. The lowest BCUT2D eigenvalue weighted by Crippen LogP contribution is -2.21. The molecule has 0 saturated carbocycles. The van der Waals surface area contributed by atoms with E-state index < -0.39 is 49.8 Å². The van der Waals surface area contributed by atoms with E-state index in [1.54, 1.807) is 0 Å². The highest BCUT2D eigenvalue weighted by molar-refractivity contribution is 7.89. The van der Waals surface area contributed by atoms with Crippen LogP contribution in [0.2, 0.25) is 5.02 Å². The number of halogens is 2. The topological polar surface area (TPSA) is 159 Å². The number of anilines is 1. The Bertz CT molecular complexity index is 1080. The number of nitrogens with zero attached hydrogens (tertiary/aromatic N) is 1. The van der Waals surface area contributed by atoms with Crippen molar-refractivity contribution in [3.05, 3.63) is 62.9 Å². The van der Waals surface area contributed by atoms with Crippen molar-refractivity contribution in [1.29, 1.82) is 0 Å². The minimum Gasteiger partial charge on any atom is -0.452 e. The molecule has 0 spiro atoms. The quantitative estimate of drug-likeness (QED) is 0.401. The predicted molar refractivity (Wildman–Crippen MR) is 94.8 cm³/mol. The molecule has 10 nitrogen and oxygen atoms in total. The molecule has 0 aliphatic rings. The van der Waals surface area contributed by atoms with Gasteiger partial charge in [-0.25, -0.2) is 18.4 Å². The van der Waals surface area contributed by atoms with Gasteiger partial charge >= 0.3 is 11.7 Å². The lowest BCUT2D eigenvalue weighted by atomic mass is 10.2. The predicted octanol–water partition coefficient (Wildman–Crippen LogP) is 1.83. The third-order valence-electron chi connectivity index (χ3n) is 3.23. The molecule has 0 aliphatic carbocycles. The number of rotatable bonds is 6. The Labute approximate surface area is 162 Å². The Kier molecular flexibility index (Phi) is 6.28. The van der Waals surface area contributed by atoms with Crippen LogP contribution in [0.1, 0.15) is 10.4 Å². The number of nitrogens with one attached hydrogen (secondary N) is 1. The first-order chi connectivity index (χ1) is 13.0. The number of hydrogen-bond donors (Lipinski definition) is 2. The molecule has 0 heterocycles. The van der Waals surface area contributed by atoms with Gasteiger partial charge in [0.25, 0.3) is 5.91 Å². The minimum absolute atomic E-state index is 0.0860. The van der Waals surface area contributed by atoms with Gasteiger partial charge in [0.2, 0.25) is 15.8 Å². The van der Waals surface area contributed by atoms with E-state index in [0.717, 1.165) is 30.3 Å². The number of ether oxygens (including phenoxy) is 1. The lowest BCUT2D eigenvalue weighted by Gasteiger charge is -2.08. The number of primary sulfonamides is 1. The SMILES string of the molecule is NS(=O)(=O)c1cc(C(=O)OCC(=O)Nc2ccc(F)c([N+](=O)[O-])c2)ccc1Cl. The van der Waals surface area contributed by atoms with E-state index in [4.69, 9.17) is 21.5 Å². The maximum Gasteiger partial charge on any atom is 0.338 e. The average molecular weight is 432 g/mol. The summed E-state index contributed by atoms with van der Waals surface area (Å²) in [7, 11) is -4.18. The third kappa shape index (κ3) is 5.22. The van der Waals surface area contributed by atoms with E-state index >= 15 is 0 Å². The molecule has 0 unspecified atom stereocenters. The summed E-state index contributed by atoms with van der Waals surface area (Å²) < 4.78 is 40.8. The fraction of sp³-hybridized carbons (Fsp3) is 0.0667. The second-order valence-electron chi connectivity index (χ2n) is 5.24. The molecule has 0 saturated heterocycles. The summed E-state index contributed by atoms with van der Waals surface area (Å²) in [6.45, 7) is -0.794. The molecule has 2 aromatic rings. The van der Waals surface area contributed by atoms with Gasteiger partial charge in [-0.1, -0.05) is 11.6 Å². The number of nitro benzene ring substituents is 1. The summed E-state index contributed by atoms with van der Waals surface area (Å²) in [5, 5.41) is 17.6. The Morgan fingerprint density at radius 3 is 2.54 bits per heavy atom.